The number of guanidine groups is 1. The molecular weight excluding hydrogens is 365 g/mol. The van der Waals surface area contributed by atoms with Gasteiger partial charge in [-0.2, -0.15) is 0 Å². The van der Waals surface area contributed by atoms with Crippen LogP contribution in [0.5, 0.6) is 0 Å². The van der Waals surface area contributed by atoms with E-state index in [4.69, 9.17) is 11.5 Å². The van der Waals surface area contributed by atoms with Gasteiger partial charge in [-0.1, -0.05) is 6.07 Å². The summed E-state index contributed by atoms with van der Waals surface area (Å²) in [7, 11) is 0. The SMILES string of the molecule is CC(C)N=CC(=CN)C1(c2ccc(F)c(Br)c2)N=C(N)NC1=O. The van der Waals surface area contributed by atoms with Crippen molar-refractivity contribution in [1.29, 1.82) is 0 Å². The average molecular weight is 382 g/mol. The predicted molar refractivity (Wildman–Crippen MR) is 91.4 cm³/mol. The molecule has 8 heteroatoms. The maximum Gasteiger partial charge on any atom is 0.264 e. The van der Waals surface area contributed by atoms with Gasteiger partial charge in [0.25, 0.3) is 5.91 Å². The third-order valence-electron chi connectivity index (χ3n) is 3.30. The van der Waals surface area contributed by atoms with Crippen molar-refractivity contribution in [2.45, 2.75) is 25.4 Å². The van der Waals surface area contributed by atoms with Gasteiger partial charge in [-0.25, -0.2) is 9.38 Å². The first-order valence-electron chi connectivity index (χ1n) is 6.89. The molecule has 0 fully saturated rings. The largest absolute Gasteiger partial charge is 0.404 e. The number of benzene rings is 1. The van der Waals surface area contributed by atoms with Gasteiger partial charge in [-0.3, -0.25) is 15.1 Å². The van der Waals surface area contributed by atoms with E-state index >= 15 is 0 Å². The topological polar surface area (TPSA) is 106 Å². The van der Waals surface area contributed by atoms with Crippen LogP contribution in [-0.2, 0) is 10.3 Å². The minimum Gasteiger partial charge on any atom is -0.404 e. The van der Waals surface area contributed by atoms with Crippen LogP contribution in [0.25, 0.3) is 0 Å². The summed E-state index contributed by atoms with van der Waals surface area (Å²) in [6.45, 7) is 3.77. The van der Waals surface area contributed by atoms with E-state index in [0.717, 1.165) is 0 Å². The predicted octanol–water partition coefficient (Wildman–Crippen LogP) is 1.55. The number of halogens is 2. The van der Waals surface area contributed by atoms with E-state index in [1.54, 1.807) is 0 Å². The second kappa shape index (κ2) is 6.49. The Balaban J connectivity index is 2.67. The molecule has 1 aromatic carbocycles. The van der Waals surface area contributed by atoms with E-state index < -0.39 is 17.3 Å². The van der Waals surface area contributed by atoms with Crippen LogP contribution in [0.3, 0.4) is 0 Å². The molecule has 1 aromatic rings. The minimum absolute atomic E-state index is 0.00717. The van der Waals surface area contributed by atoms with Crippen LogP contribution in [0.1, 0.15) is 19.4 Å². The van der Waals surface area contributed by atoms with Gasteiger partial charge in [0, 0.05) is 24.0 Å². The molecule has 1 aliphatic rings. The maximum absolute atomic E-state index is 13.5. The number of nitrogens with one attached hydrogen (secondary N) is 1. The van der Waals surface area contributed by atoms with Crippen molar-refractivity contribution in [2.24, 2.45) is 21.5 Å². The van der Waals surface area contributed by atoms with Crippen LogP contribution in [0, 0.1) is 5.82 Å². The molecule has 1 unspecified atom stereocenters. The fraction of sp³-hybridized carbons (Fsp3) is 0.267. The Labute approximate surface area is 141 Å². The van der Waals surface area contributed by atoms with Crippen molar-refractivity contribution in [3.63, 3.8) is 0 Å². The van der Waals surface area contributed by atoms with Gasteiger partial charge in [0.05, 0.1) is 4.47 Å². The van der Waals surface area contributed by atoms with E-state index in [1.165, 1.54) is 30.6 Å². The van der Waals surface area contributed by atoms with Crippen molar-refractivity contribution >= 4 is 34.0 Å². The number of carbonyl (C=O) groups is 1. The van der Waals surface area contributed by atoms with Crippen molar-refractivity contribution in [1.82, 2.24) is 5.32 Å². The first kappa shape index (κ1) is 17.1. The molecule has 23 heavy (non-hydrogen) atoms. The Morgan fingerprint density at radius 1 is 1.52 bits per heavy atom. The third-order valence-corrected chi connectivity index (χ3v) is 3.91. The van der Waals surface area contributed by atoms with Gasteiger partial charge in [0.1, 0.15) is 5.82 Å². The van der Waals surface area contributed by atoms with Crippen molar-refractivity contribution in [2.75, 3.05) is 0 Å². The highest BCUT2D eigenvalue weighted by Gasteiger charge is 2.48. The van der Waals surface area contributed by atoms with Crippen LogP contribution in [-0.4, -0.2) is 24.1 Å². The quantitative estimate of drug-likeness (QED) is 0.688. The summed E-state index contributed by atoms with van der Waals surface area (Å²) in [6, 6.07) is 4.19. The lowest BCUT2D eigenvalue weighted by Gasteiger charge is -2.25. The van der Waals surface area contributed by atoms with Gasteiger partial charge in [-0.05, 0) is 47.5 Å². The van der Waals surface area contributed by atoms with Crippen LogP contribution < -0.4 is 16.8 Å². The average Bonchev–Trinajstić information content (AvgIpc) is 2.78. The minimum atomic E-state index is -1.49. The number of hydrogen-bond donors (Lipinski definition) is 3. The molecule has 1 aliphatic heterocycles. The third kappa shape index (κ3) is 3.12. The van der Waals surface area contributed by atoms with Crippen molar-refractivity contribution in [3.05, 3.63) is 45.8 Å². The molecule has 0 spiro atoms. The molecule has 0 bridgehead atoms. The lowest BCUT2D eigenvalue weighted by molar-refractivity contribution is -0.122. The van der Waals surface area contributed by atoms with Crippen molar-refractivity contribution in [3.8, 4) is 0 Å². The molecule has 0 aromatic heterocycles. The summed E-state index contributed by atoms with van der Waals surface area (Å²) in [5.41, 5.74) is 10.7. The number of rotatable bonds is 4. The summed E-state index contributed by atoms with van der Waals surface area (Å²) in [4.78, 5) is 21.1. The van der Waals surface area contributed by atoms with E-state index in [9.17, 15) is 9.18 Å². The van der Waals surface area contributed by atoms with Crippen LogP contribution in [0.15, 0.2) is 44.4 Å². The second-order valence-electron chi connectivity index (χ2n) is 5.28. The van der Waals surface area contributed by atoms with Crippen LogP contribution in [0.2, 0.25) is 0 Å². The molecule has 5 N–H and O–H groups in total. The number of amides is 1. The summed E-state index contributed by atoms with van der Waals surface area (Å²) in [5, 5.41) is 2.46. The monoisotopic (exact) mass is 381 g/mol. The molecule has 1 heterocycles. The molecule has 1 amide bonds. The molecule has 2 rings (SSSR count). The smallest absolute Gasteiger partial charge is 0.264 e. The fourth-order valence-electron chi connectivity index (χ4n) is 2.23. The molecule has 0 saturated carbocycles. The van der Waals surface area contributed by atoms with Crippen LogP contribution >= 0.6 is 15.9 Å². The molecule has 0 saturated heterocycles. The normalized spacial score (nSPS) is 21.9. The van der Waals surface area contributed by atoms with Gasteiger partial charge in [0.2, 0.25) is 0 Å². The summed E-state index contributed by atoms with van der Waals surface area (Å²) < 4.78 is 13.8. The van der Waals surface area contributed by atoms with E-state index in [0.29, 0.717) is 11.1 Å². The van der Waals surface area contributed by atoms with Crippen LogP contribution in [0.4, 0.5) is 4.39 Å². The zero-order valence-electron chi connectivity index (χ0n) is 12.7. The number of carbonyl (C=O) groups excluding carboxylic acids is 1. The maximum atomic E-state index is 13.5. The van der Waals surface area contributed by atoms with Crippen molar-refractivity contribution < 1.29 is 9.18 Å². The lowest BCUT2D eigenvalue weighted by Crippen LogP contribution is -2.41. The molecule has 6 nitrogen and oxygen atoms in total. The fourth-order valence-corrected chi connectivity index (χ4v) is 2.61. The Morgan fingerprint density at radius 3 is 2.70 bits per heavy atom. The Bertz CT molecular complexity index is 729. The first-order chi connectivity index (χ1) is 10.8. The highest BCUT2D eigenvalue weighted by molar-refractivity contribution is 9.10. The number of hydrogen-bond acceptors (Lipinski definition) is 5. The highest BCUT2D eigenvalue weighted by Crippen LogP contribution is 2.37. The Morgan fingerprint density at radius 2 is 2.22 bits per heavy atom. The zero-order chi connectivity index (χ0) is 17.2. The van der Waals surface area contributed by atoms with Gasteiger partial charge in [-0.15, -0.1) is 0 Å². The van der Waals surface area contributed by atoms with Gasteiger partial charge >= 0.3 is 0 Å². The van der Waals surface area contributed by atoms with Gasteiger partial charge in [0.15, 0.2) is 11.5 Å². The van der Waals surface area contributed by atoms with E-state index in [-0.39, 0.29) is 16.5 Å². The van der Waals surface area contributed by atoms with E-state index in [2.05, 4.69) is 31.2 Å². The molecular formula is C15H17BrFN5O. The standard InChI is InChI=1S/C15H17BrFN5O/c1-8(2)20-7-10(6-18)15(13(23)21-14(19)22-15)9-3-4-12(17)11(16)5-9/h3-8H,18H2,1-2H3,(H3,19,21,22,23). The van der Waals surface area contributed by atoms with Gasteiger partial charge < -0.3 is 11.5 Å². The summed E-state index contributed by atoms with van der Waals surface area (Å²) in [5.74, 6) is -0.957. The Hall–Kier alpha value is -2.22. The Kier molecular flexibility index (Phi) is 4.84. The summed E-state index contributed by atoms with van der Waals surface area (Å²) in [6.07, 6.45) is 2.74. The molecule has 0 aliphatic carbocycles. The summed E-state index contributed by atoms with van der Waals surface area (Å²) >= 11 is 3.11. The number of nitrogens with zero attached hydrogens (tertiary/aromatic N) is 2. The molecule has 1 atom stereocenters. The lowest BCUT2D eigenvalue weighted by atomic mass is 9.83. The molecule has 0 radical (unpaired) electrons. The second-order valence-corrected chi connectivity index (χ2v) is 6.14. The highest BCUT2D eigenvalue weighted by atomic mass is 79.9. The number of aliphatic imine (C=N–C) groups is 2. The number of nitrogens with two attached hydrogens (primary N) is 2. The van der Waals surface area contributed by atoms with E-state index in [1.807, 2.05) is 13.8 Å². The zero-order valence-corrected chi connectivity index (χ0v) is 14.3. The molecule has 122 valence electrons. The first-order valence-corrected chi connectivity index (χ1v) is 7.68.